The van der Waals surface area contributed by atoms with Crippen molar-refractivity contribution in [3.8, 4) is 0 Å². The third kappa shape index (κ3) is 2.44. The lowest BCUT2D eigenvalue weighted by Gasteiger charge is -2.27. The van der Waals surface area contributed by atoms with E-state index in [4.69, 9.17) is 10.5 Å². The van der Waals surface area contributed by atoms with E-state index in [0.717, 1.165) is 13.0 Å². The molecule has 1 aliphatic heterocycles. The van der Waals surface area contributed by atoms with Crippen molar-refractivity contribution in [2.75, 3.05) is 13.2 Å². The lowest BCUT2D eigenvalue weighted by Crippen LogP contribution is -2.43. The number of rotatable bonds is 3. The fourth-order valence-corrected chi connectivity index (χ4v) is 2.56. The van der Waals surface area contributed by atoms with E-state index in [2.05, 4.69) is 14.1 Å². The van der Waals surface area contributed by atoms with Gasteiger partial charge in [-0.1, -0.05) is 16.3 Å². The van der Waals surface area contributed by atoms with Crippen molar-refractivity contribution in [3.05, 3.63) is 0 Å². The topological polar surface area (TPSA) is 55.6 Å². The first kappa shape index (κ1) is 11.9. The molecule has 0 aliphatic carbocycles. The molecule has 0 saturated carbocycles. The Hall–Kier alpha value is -0.180. The summed E-state index contributed by atoms with van der Waals surface area (Å²) in [6.45, 7) is 5.06. The number of esters is 1. The van der Waals surface area contributed by atoms with E-state index in [1.54, 1.807) is 0 Å². The number of ether oxygens (including phenoxy) is 1. The van der Waals surface area contributed by atoms with Crippen LogP contribution in [-0.2, 0) is 9.53 Å². The molecule has 0 radical (unpaired) electrons. The van der Waals surface area contributed by atoms with Gasteiger partial charge in [0.05, 0.1) is 12.5 Å². The third-order valence-corrected chi connectivity index (χ3v) is 3.32. The minimum atomic E-state index is -0.151. The Morgan fingerprint density at radius 3 is 2.86 bits per heavy atom. The first-order valence-corrected chi connectivity index (χ1v) is 5.53. The summed E-state index contributed by atoms with van der Waals surface area (Å²) in [6, 6.07) is 0.172. The lowest BCUT2D eigenvalue weighted by atomic mass is 9.97. The van der Waals surface area contributed by atoms with Gasteiger partial charge in [0.15, 0.2) is 0 Å². The quantitative estimate of drug-likeness (QED) is 0.549. The molecule has 14 heavy (non-hydrogen) atoms. The molecule has 1 saturated heterocycles. The second kappa shape index (κ2) is 5.06. The van der Waals surface area contributed by atoms with Crippen LogP contribution in [0.3, 0.4) is 0 Å². The first-order chi connectivity index (χ1) is 6.57. The zero-order valence-electron chi connectivity index (χ0n) is 8.77. The van der Waals surface area contributed by atoms with Crippen LogP contribution in [0, 0.1) is 5.92 Å². The van der Waals surface area contributed by atoms with Crippen LogP contribution in [0.5, 0.6) is 0 Å². The maximum absolute atomic E-state index is 11.5. The first-order valence-electron chi connectivity index (χ1n) is 5.01. The Kier molecular flexibility index (Phi) is 4.30. The van der Waals surface area contributed by atoms with Crippen LogP contribution in [0.4, 0.5) is 0 Å². The zero-order valence-corrected chi connectivity index (χ0v) is 9.93. The average molecular weight is 218 g/mol. The van der Waals surface area contributed by atoms with Crippen molar-refractivity contribution in [3.63, 3.8) is 0 Å². The minimum absolute atomic E-state index is 0.0758. The van der Waals surface area contributed by atoms with E-state index in [9.17, 15) is 4.79 Å². The van der Waals surface area contributed by atoms with E-state index >= 15 is 0 Å². The number of carbonyl (C=O) groups is 1. The van der Waals surface area contributed by atoms with Gasteiger partial charge in [-0.3, -0.25) is 9.46 Å². The van der Waals surface area contributed by atoms with Gasteiger partial charge in [-0.15, -0.1) is 0 Å². The van der Waals surface area contributed by atoms with Crippen molar-refractivity contribution in [1.29, 1.82) is 0 Å². The van der Waals surface area contributed by atoms with Crippen LogP contribution >= 0.6 is 9.39 Å². The number of hydrogen-bond acceptors (Lipinski definition) is 4. The van der Waals surface area contributed by atoms with Crippen LogP contribution in [0.25, 0.3) is 0 Å². The van der Waals surface area contributed by atoms with Crippen molar-refractivity contribution in [1.82, 2.24) is 4.67 Å². The highest BCUT2D eigenvalue weighted by molar-refractivity contribution is 7.13. The summed E-state index contributed by atoms with van der Waals surface area (Å²) in [5.74, 6) is -0.299. The molecule has 0 aromatic rings. The summed E-state index contributed by atoms with van der Waals surface area (Å²) in [6.07, 6.45) is 0.942. The summed E-state index contributed by atoms with van der Waals surface area (Å²) >= 11 is 0. The third-order valence-electron chi connectivity index (χ3n) is 2.71. The Bertz CT molecular complexity index is 203. The fourth-order valence-electron chi connectivity index (χ4n) is 1.94. The molecule has 1 fully saturated rings. The molecule has 1 aliphatic rings. The van der Waals surface area contributed by atoms with Crippen molar-refractivity contribution < 1.29 is 9.53 Å². The highest BCUT2D eigenvalue weighted by Gasteiger charge is 2.37. The minimum Gasteiger partial charge on any atom is -0.466 e. The molecule has 0 bridgehead atoms. The van der Waals surface area contributed by atoms with E-state index in [0.29, 0.717) is 6.61 Å². The lowest BCUT2D eigenvalue weighted by molar-refractivity contribution is -0.149. The molecule has 82 valence electrons. The summed E-state index contributed by atoms with van der Waals surface area (Å²) in [4.78, 5) is 11.5. The Morgan fingerprint density at radius 1 is 1.79 bits per heavy atom. The molecule has 0 aromatic carbocycles. The van der Waals surface area contributed by atoms with Gasteiger partial charge in [-0.05, 0) is 13.3 Å². The summed E-state index contributed by atoms with van der Waals surface area (Å²) < 4.78 is 7.04. The fraction of sp³-hybridized carbons (Fsp3) is 0.889. The van der Waals surface area contributed by atoms with Gasteiger partial charge in [0.2, 0.25) is 0 Å². The SMILES string of the molecule is CCOC(=O)C(C)[C@@H]1C(N)CCN1P. The van der Waals surface area contributed by atoms with E-state index in [1.165, 1.54) is 0 Å². The molecule has 1 heterocycles. The zero-order chi connectivity index (χ0) is 10.7. The largest absolute Gasteiger partial charge is 0.466 e. The van der Waals surface area contributed by atoms with E-state index < -0.39 is 0 Å². The normalized spacial score (nSPS) is 30.3. The number of hydrogen-bond donors (Lipinski definition) is 1. The summed E-state index contributed by atoms with van der Waals surface area (Å²) in [7, 11) is 2.63. The van der Waals surface area contributed by atoms with Crippen LogP contribution in [-0.4, -0.2) is 35.9 Å². The molecule has 0 amide bonds. The van der Waals surface area contributed by atoms with Crippen LogP contribution in [0.2, 0.25) is 0 Å². The molecule has 0 spiro atoms. The molecule has 4 atom stereocenters. The average Bonchev–Trinajstić information content (AvgIpc) is 2.46. The Morgan fingerprint density at radius 2 is 2.43 bits per heavy atom. The van der Waals surface area contributed by atoms with Gasteiger partial charge in [-0.25, -0.2) is 0 Å². The summed E-state index contributed by atoms with van der Waals surface area (Å²) in [5, 5.41) is 0. The van der Waals surface area contributed by atoms with Gasteiger partial charge in [0.1, 0.15) is 0 Å². The second-order valence-corrected chi connectivity index (χ2v) is 4.38. The summed E-state index contributed by atoms with van der Waals surface area (Å²) in [5.41, 5.74) is 5.94. The van der Waals surface area contributed by atoms with Crippen molar-refractivity contribution in [2.24, 2.45) is 11.7 Å². The molecule has 4 nitrogen and oxygen atoms in total. The van der Waals surface area contributed by atoms with Crippen molar-refractivity contribution in [2.45, 2.75) is 32.4 Å². The number of nitrogens with zero attached hydrogens (tertiary/aromatic N) is 1. The van der Waals surface area contributed by atoms with Gasteiger partial charge >= 0.3 is 5.97 Å². The highest BCUT2D eigenvalue weighted by atomic mass is 31.0. The smallest absolute Gasteiger partial charge is 0.310 e. The maximum Gasteiger partial charge on any atom is 0.310 e. The number of nitrogens with two attached hydrogens (primary N) is 1. The van der Waals surface area contributed by atoms with Crippen molar-refractivity contribution >= 4 is 15.4 Å². The predicted octanol–water partition coefficient (Wildman–Crippen LogP) is 0.377. The molecular formula is C9H19N2O2P. The van der Waals surface area contributed by atoms with Crippen LogP contribution in [0.15, 0.2) is 0 Å². The molecule has 0 aromatic heterocycles. The molecule has 5 heteroatoms. The van der Waals surface area contributed by atoms with Gasteiger partial charge < -0.3 is 10.5 Å². The maximum atomic E-state index is 11.5. The Labute approximate surface area is 87.4 Å². The molecule has 2 N–H and O–H groups in total. The van der Waals surface area contributed by atoms with Gasteiger partial charge in [-0.2, -0.15) is 0 Å². The van der Waals surface area contributed by atoms with Gasteiger partial charge in [0, 0.05) is 18.6 Å². The molecule has 3 unspecified atom stereocenters. The van der Waals surface area contributed by atoms with Crippen LogP contribution < -0.4 is 5.73 Å². The predicted molar refractivity (Wildman–Crippen MR) is 58.6 cm³/mol. The number of carbonyl (C=O) groups excluding carboxylic acids is 1. The second-order valence-electron chi connectivity index (χ2n) is 3.72. The highest BCUT2D eigenvalue weighted by Crippen LogP contribution is 2.26. The molecular weight excluding hydrogens is 199 g/mol. The molecule has 1 rings (SSSR count). The standard InChI is InChI=1S/C9H19N2O2P/c1-3-13-9(12)6(2)8-7(10)4-5-11(8)14/h6-8H,3-5,10,14H2,1-2H3/t6?,7?,8-/m1/s1. The van der Waals surface area contributed by atoms with Gasteiger partial charge in [0.25, 0.3) is 0 Å². The Balaban J connectivity index is 2.58. The van der Waals surface area contributed by atoms with E-state index in [1.807, 2.05) is 13.8 Å². The monoisotopic (exact) mass is 218 g/mol. The van der Waals surface area contributed by atoms with Crippen LogP contribution in [0.1, 0.15) is 20.3 Å². The van der Waals surface area contributed by atoms with E-state index in [-0.39, 0.29) is 24.0 Å².